The Morgan fingerprint density at radius 1 is 1.04 bits per heavy atom. The van der Waals surface area contributed by atoms with E-state index in [-0.39, 0.29) is 24.5 Å². The van der Waals surface area contributed by atoms with Crippen LogP contribution in [0.1, 0.15) is 26.3 Å². The molecule has 2 aromatic rings. The molecule has 2 rings (SSSR count). The monoisotopic (exact) mass is 388 g/mol. The fourth-order valence-corrected chi connectivity index (χ4v) is 2.65. The maximum atomic E-state index is 12.8. The van der Waals surface area contributed by atoms with Crippen molar-refractivity contribution in [3.8, 4) is 5.75 Å². The predicted molar refractivity (Wildman–Crippen MR) is 107 cm³/mol. The van der Waals surface area contributed by atoms with Crippen LogP contribution < -0.4 is 10.1 Å². The molecule has 5 nitrogen and oxygen atoms in total. The Balaban J connectivity index is 2.10. The van der Waals surface area contributed by atoms with Gasteiger partial charge in [-0.2, -0.15) is 0 Å². The number of carbonyl (C=O) groups excluding carboxylic acids is 2. The van der Waals surface area contributed by atoms with Crippen LogP contribution >= 0.6 is 11.6 Å². The Morgan fingerprint density at radius 2 is 1.67 bits per heavy atom. The number of amides is 2. The number of nitrogens with one attached hydrogen (secondary N) is 1. The van der Waals surface area contributed by atoms with Crippen LogP contribution in [0.3, 0.4) is 0 Å². The van der Waals surface area contributed by atoms with Gasteiger partial charge in [-0.05, 0) is 50.6 Å². The Morgan fingerprint density at radius 3 is 2.26 bits per heavy atom. The third-order valence-electron chi connectivity index (χ3n) is 3.97. The molecule has 1 atom stereocenters. The molecule has 0 saturated carbocycles. The van der Waals surface area contributed by atoms with E-state index in [2.05, 4.69) is 5.32 Å². The minimum absolute atomic E-state index is 0.000977. The Hall–Kier alpha value is -2.53. The molecule has 144 valence electrons. The van der Waals surface area contributed by atoms with Crippen LogP contribution in [0.4, 0.5) is 0 Å². The first kappa shape index (κ1) is 20.8. The molecule has 6 heteroatoms. The van der Waals surface area contributed by atoms with Crippen molar-refractivity contribution >= 4 is 23.4 Å². The lowest BCUT2D eigenvalue weighted by Crippen LogP contribution is -2.50. The summed E-state index contributed by atoms with van der Waals surface area (Å²) in [4.78, 5) is 26.8. The fourth-order valence-electron chi connectivity index (χ4n) is 2.53. The summed E-state index contributed by atoms with van der Waals surface area (Å²) in [6.45, 7) is 5.67. The molecule has 0 aliphatic carbocycles. The van der Waals surface area contributed by atoms with Gasteiger partial charge in [-0.25, -0.2) is 0 Å². The molecule has 0 aliphatic rings. The maximum absolute atomic E-state index is 12.8. The predicted octanol–water partition coefficient (Wildman–Crippen LogP) is 3.66. The molecule has 0 saturated heterocycles. The molecule has 0 unspecified atom stereocenters. The second kappa shape index (κ2) is 9.97. The summed E-state index contributed by atoms with van der Waals surface area (Å²) in [5.41, 5.74) is 0.946. The van der Waals surface area contributed by atoms with Crippen LogP contribution in [-0.2, 0) is 16.1 Å². The van der Waals surface area contributed by atoms with Gasteiger partial charge in [0.25, 0.3) is 5.91 Å². The van der Waals surface area contributed by atoms with Gasteiger partial charge in [0.2, 0.25) is 5.91 Å². The molecule has 0 radical (unpaired) electrons. The third-order valence-corrected chi connectivity index (χ3v) is 4.22. The molecule has 27 heavy (non-hydrogen) atoms. The summed E-state index contributed by atoms with van der Waals surface area (Å²) >= 11 is 5.86. The van der Waals surface area contributed by atoms with Crippen LogP contribution in [0.5, 0.6) is 5.75 Å². The lowest BCUT2D eigenvalue weighted by Gasteiger charge is -2.29. The molecular formula is C21H25ClN2O3. The number of carbonyl (C=O) groups is 2. The lowest BCUT2D eigenvalue weighted by molar-refractivity contribution is -0.142. The Kier molecular flexibility index (Phi) is 7.67. The number of hydrogen-bond donors (Lipinski definition) is 1. The van der Waals surface area contributed by atoms with Gasteiger partial charge in [0.15, 0.2) is 6.61 Å². The number of benzene rings is 2. The molecule has 2 amide bonds. The average Bonchev–Trinajstić information content (AvgIpc) is 2.65. The number of hydrogen-bond acceptors (Lipinski definition) is 3. The second-order valence-corrected chi connectivity index (χ2v) is 7.03. The van der Waals surface area contributed by atoms with Crippen molar-refractivity contribution in [2.75, 3.05) is 6.61 Å². The van der Waals surface area contributed by atoms with E-state index < -0.39 is 6.04 Å². The zero-order valence-corrected chi connectivity index (χ0v) is 16.6. The third kappa shape index (κ3) is 6.61. The van der Waals surface area contributed by atoms with E-state index in [9.17, 15) is 9.59 Å². The molecule has 0 fully saturated rings. The first-order valence-corrected chi connectivity index (χ1v) is 9.26. The SMILES string of the molecule is CC(C)NC(=O)[C@@H](C)N(Cc1ccccc1)C(=O)COc1ccc(Cl)cc1. The number of halogens is 1. The van der Waals surface area contributed by atoms with Crippen LogP contribution in [0.25, 0.3) is 0 Å². The van der Waals surface area contributed by atoms with Gasteiger partial charge in [-0.1, -0.05) is 41.9 Å². The molecule has 0 spiro atoms. The van der Waals surface area contributed by atoms with E-state index in [1.54, 1.807) is 31.2 Å². The summed E-state index contributed by atoms with van der Waals surface area (Å²) in [5.74, 6) is 0.0904. The van der Waals surface area contributed by atoms with Crippen molar-refractivity contribution < 1.29 is 14.3 Å². The molecule has 0 aliphatic heterocycles. The highest BCUT2D eigenvalue weighted by atomic mass is 35.5. The first-order valence-electron chi connectivity index (χ1n) is 8.89. The van der Waals surface area contributed by atoms with Crippen molar-refractivity contribution in [2.24, 2.45) is 0 Å². The number of nitrogens with zero attached hydrogens (tertiary/aromatic N) is 1. The Labute approximate surface area is 165 Å². The summed E-state index contributed by atoms with van der Waals surface area (Å²) in [6, 6.07) is 15.7. The average molecular weight is 389 g/mol. The van der Waals surface area contributed by atoms with E-state index in [1.807, 2.05) is 44.2 Å². The topological polar surface area (TPSA) is 58.6 Å². The van der Waals surface area contributed by atoms with Gasteiger partial charge in [-0.15, -0.1) is 0 Å². The van der Waals surface area contributed by atoms with E-state index in [0.717, 1.165) is 5.56 Å². The molecule has 0 aromatic heterocycles. The van der Waals surface area contributed by atoms with Gasteiger partial charge >= 0.3 is 0 Å². The lowest BCUT2D eigenvalue weighted by atomic mass is 10.1. The molecule has 0 bridgehead atoms. The van der Waals surface area contributed by atoms with Gasteiger partial charge in [-0.3, -0.25) is 9.59 Å². The van der Waals surface area contributed by atoms with Gasteiger partial charge in [0.05, 0.1) is 0 Å². The Bertz CT molecular complexity index is 748. The highest BCUT2D eigenvalue weighted by Gasteiger charge is 2.26. The van der Waals surface area contributed by atoms with Crippen molar-refractivity contribution in [1.29, 1.82) is 0 Å². The molecule has 1 N–H and O–H groups in total. The molecule has 2 aromatic carbocycles. The van der Waals surface area contributed by atoms with Gasteiger partial charge < -0.3 is 15.0 Å². The minimum Gasteiger partial charge on any atom is -0.484 e. The number of rotatable bonds is 8. The zero-order valence-electron chi connectivity index (χ0n) is 15.8. The van der Waals surface area contributed by atoms with Crippen molar-refractivity contribution in [3.05, 3.63) is 65.2 Å². The van der Waals surface area contributed by atoms with Crippen LogP contribution in [0, 0.1) is 0 Å². The van der Waals surface area contributed by atoms with Crippen molar-refractivity contribution in [3.63, 3.8) is 0 Å². The van der Waals surface area contributed by atoms with E-state index in [4.69, 9.17) is 16.3 Å². The summed E-state index contributed by atoms with van der Waals surface area (Å²) in [7, 11) is 0. The van der Waals surface area contributed by atoms with Crippen LogP contribution in [-0.4, -0.2) is 35.4 Å². The minimum atomic E-state index is -0.617. The van der Waals surface area contributed by atoms with Crippen LogP contribution in [0.2, 0.25) is 5.02 Å². The standard InChI is InChI=1S/C21H25ClN2O3/c1-15(2)23-21(26)16(3)24(13-17-7-5-4-6-8-17)20(25)14-27-19-11-9-18(22)10-12-19/h4-12,15-16H,13-14H2,1-3H3,(H,23,26)/t16-/m1/s1. The summed E-state index contributed by atoms with van der Waals surface area (Å²) in [6.07, 6.45) is 0. The second-order valence-electron chi connectivity index (χ2n) is 6.59. The zero-order chi connectivity index (χ0) is 19.8. The fraction of sp³-hybridized carbons (Fsp3) is 0.333. The van der Waals surface area contributed by atoms with Gasteiger partial charge in [0, 0.05) is 17.6 Å². The highest BCUT2D eigenvalue weighted by Crippen LogP contribution is 2.16. The highest BCUT2D eigenvalue weighted by molar-refractivity contribution is 6.30. The molecular weight excluding hydrogens is 364 g/mol. The van der Waals surface area contributed by atoms with Gasteiger partial charge in [0.1, 0.15) is 11.8 Å². The maximum Gasteiger partial charge on any atom is 0.261 e. The van der Waals surface area contributed by atoms with Crippen molar-refractivity contribution in [2.45, 2.75) is 39.4 Å². The normalized spacial score (nSPS) is 11.7. The van der Waals surface area contributed by atoms with E-state index in [0.29, 0.717) is 17.3 Å². The number of ether oxygens (including phenoxy) is 1. The smallest absolute Gasteiger partial charge is 0.261 e. The summed E-state index contributed by atoms with van der Waals surface area (Å²) in [5, 5.41) is 3.45. The van der Waals surface area contributed by atoms with E-state index >= 15 is 0 Å². The quantitative estimate of drug-likeness (QED) is 0.750. The van der Waals surface area contributed by atoms with Crippen LogP contribution in [0.15, 0.2) is 54.6 Å². The summed E-state index contributed by atoms with van der Waals surface area (Å²) < 4.78 is 5.57. The largest absolute Gasteiger partial charge is 0.484 e. The molecule has 0 heterocycles. The van der Waals surface area contributed by atoms with Crippen molar-refractivity contribution in [1.82, 2.24) is 10.2 Å². The first-order chi connectivity index (χ1) is 12.9. The van der Waals surface area contributed by atoms with E-state index in [1.165, 1.54) is 4.90 Å².